The van der Waals surface area contributed by atoms with Gasteiger partial charge >= 0.3 is 0 Å². The van der Waals surface area contributed by atoms with Crippen molar-refractivity contribution in [1.82, 2.24) is 5.43 Å². The van der Waals surface area contributed by atoms with E-state index in [1.54, 1.807) is 36.4 Å². The molecule has 1 N–H and O–H groups in total. The largest absolute Gasteiger partial charge is 0.288 e. The number of carbonyl (C=O) groups excluding carboxylic acids is 1. The van der Waals surface area contributed by atoms with E-state index in [1.807, 2.05) is 0 Å². The molecule has 0 aliphatic rings. The zero-order valence-electron chi connectivity index (χ0n) is 10.7. The van der Waals surface area contributed by atoms with Gasteiger partial charge in [0.15, 0.2) is 0 Å². The van der Waals surface area contributed by atoms with E-state index in [9.17, 15) is 14.9 Å². The summed E-state index contributed by atoms with van der Waals surface area (Å²) in [7, 11) is 0. The van der Waals surface area contributed by atoms with Crippen molar-refractivity contribution in [2.45, 2.75) is 0 Å². The van der Waals surface area contributed by atoms with Crippen LogP contribution in [-0.2, 0) is 0 Å². The van der Waals surface area contributed by atoms with Gasteiger partial charge < -0.3 is 0 Å². The minimum atomic E-state index is -0.581. The van der Waals surface area contributed by atoms with Crippen LogP contribution in [0.25, 0.3) is 0 Å². The summed E-state index contributed by atoms with van der Waals surface area (Å²) in [6, 6.07) is 12.8. The Kier molecular flexibility index (Phi) is 4.63. The zero-order valence-corrected chi connectivity index (χ0v) is 11.4. The lowest BCUT2D eigenvalue weighted by atomic mass is 10.2. The van der Waals surface area contributed by atoms with Crippen LogP contribution in [0.15, 0.2) is 53.6 Å². The predicted molar refractivity (Wildman–Crippen MR) is 79.6 cm³/mol. The van der Waals surface area contributed by atoms with E-state index in [4.69, 9.17) is 11.6 Å². The molecule has 6 nitrogen and oxygen atoms in total. The highest BCUT2D eigenvalue weighted by Gasteiger charge is 2.11. The first kappa shape index (κ1) is 14.7. The van der Waals surface area contributed by atoms with E-state index in [-0.39, 0.29) is 16.6 Å². The molecule has 0 aliphatic carbocycles. The topological polar surface area (TPSA) is 84.6 Å². The van der Waals surface area contributed by atoms with Gasteiger partial charge in [-0.2, -0.15) is 5.10 Å². The highest BCUT2D eigenvalue weighted by Crippen LogP contribution is 2.24. The van der Waals surface area contributed by atoms with Gasteiger partial charge in [0.25, 0.3) is 11.6 Å². The van der Waals surface area contributed by atoms with Gasteiger partial charge in [-0.1, -0.05) is 35.9 Å². The van der Waals surface area contributed by atoms with Gasteiger partial charge in [-0.05, 0) is 18.2 Å². The Morgan fingerprint density at radius 1 is 1.24 bits per heavy atom. The van der Waals surface area contributed by atoms with Crippen LogP contribution in [0.2, 0.25) is 5.02 Å². The molecule has 0 aromatic heterocycles. The number of amides is 1. The van der Waals surface area contributed by atoms with Crippen LogP contribution in [0.1, 0.15) is 15.9 Å². The monoisotopic (exact) mass is 303 g/mol. The summed E-state index contributed by atoms with van der Waals surface area (Å²) >= 11 is 5.70. The van der Waals surface area contributed by atoms with Crippen molar-refractivity contribution in [1.29, 1.82) is 0 Å². The minimum absolute atomic E-state index is 0.0467. The van der Waals surface area contributed by atoms with Crippen molar-refractivity contribution in [3.63, 3.8) is 0 Å². The lowest BCUT2D eigenvalue weighted by Crippen LogP contribution is -2.17. The van der Waals surface area contributed by atoms with Gasteiger partial charge in [0, 0.05) is 17.2 Å². The van der Waals surface area contributed by atoms with Crippen molar-refractivity contribution in [2.75, 3.05) is 0 Å². The number of hydrogen-bond acceptors (Lipinski definition) is 4. The SMILES string of the molecule is O=C(N/N=C/c1ccc(Cl)c([N+](=O)[O-])c1)c1ccccc1. The molecule has 0 bridgehead atoms. The van der Waals surface area contributed by atoms with Gasteiger partial charge in [-0.15, -0.1) is 0 Å². The van der Waals surface area contributed by atoms with E-state index in [0.29, 0.717) is 11.1 Å². The molecule has 106 valence electrons. The third kappa shape index (κ3) is 3.87. The Balaban J connectivity index is 2.07. The Hall–Kier alpha value is -2.73. The van der Waals surface area contributed by atoms with Gasteiger partial charge in [-0.3, -0.25) is 14.9 Å². The molecule has 0 saturated carbocycles. The molecule has 0 saturated heterocycles. The van der Waals surface area contributed by atoms with E-state index in [0.717, 1.165) is 0 Å². The molecule has 0 fully saturated rings. The predicted octanol–water partition coefficient (Wildman–Crippen LogP) is 3.01. The number of hydrazone groups is 1. The third-order valence-electron chi connectivity index (χ3n) is 2.58. The molecular weight excluding hydrogens is 294 g/mol. The lowest BCUT2D eigenvalue weighted by molar-refractivity contribution is -0.384. The van der Waals surface area contributed by atoms with E-state index in [1.165, 1.54) is 18.3 Å². The summed E-state index contributed by atoms with van der Waals surface area (Å²) in [5.74, 6) is -0.365. The number of hydrogen-bond donors (Lipinski definition) is 1. The molecule has 7 heteroatoms. The maximum atomic E-state index is 11.7. The number of rotatable bonds is 4. The summed E-state index contributed by atoms with van der Waals surface area (Å²) in [4.78, 5) is 21.9. The van der Waals surface area contributed by atoms with Gasteiger partial charge in [0.05, 0.1) is 11.1 Å². The molecule has 2 aromatic rings. The summed E-state index contributed by atoms with van der Waals surface area (Å²) < 4.78 is 0. The Morgan fingerprint density at radius 2 is 1.95 bits per heavy atom. The molecule has 2 aromatic carbocycles. The Morgan fingerprint density at radius 3 is 2.62 bits per heavy atom. The van der Waals surface area contributed by atoms with Gasteiger partial charge in [-0.25, -0.2) is 5.43 Å². The summed E-state index contributed by atoms with van der Waals surface area (Å²) in [5, 5.41) is 14.6. The van der Waals surface area contributed by atoms with Crippen LogP contribution < -0.4 is 5.43 Å². The molecule has 2 rings (SSSR count). The molecule has 0 radical (unpaired) electrons. The Labute approximate surface area is 125 Å². The molecule has 21 heavy (non-hydrogen) atoms. The molecule has 0 spiro atoms. The number of nitrogens with one attached hydrogen (secondary N) is 1. The third-order valence-corrected chi connectivity index (χ3v) is 2.90. The second-order valence-corrected chi connectivity index (χ2v) is 4.44. The standard InChI is InChI=1S/C14H10ClN3O3/c15-12-7-6-10(8-13(12)18(20)21)9-16-17-14(19)11-4-2-1-3-5-11/h1-9H,(H,17,19)/b16-9+. The maximum absolute atomic E-state index is 11.7. The first-order chi connectivity index (χ1) is 10.1. The fourth-order valence-electron chi connectivity index (χ4n) is 1.57. The second kappa shape index (κ2) is 6.62. The summed E-state index contributed by atoms with van der Waals surface area (Å²) in [6.07, 6.45) is 1.31. The number of nitrogens with zero attached hydrogens (tertiary/aromatic N) is 2. The van der Waals surface area contributed by atoms with Crippen LogP contribution in [-0.4, -0.2) is 17.0 Å². The first-order valence-electron chi connectivity index (χ1n) is 5.90. The molecular formula is C14H10ClN3O3. The molecule has 0 heterocycles. The maximum Gasteiger partial charge on any atom is 0.288 e. The number of halogens is 1. The molecule has 0 aliphatic heterocycles. The number of nitro groups is 1. The lowest BCUT2D eigenvalue weighted by Gasteiger charge is -1.99. The van der Waals surface area contributed by atoms with Crippen LogP contribution in [0, 0.1) is 10.1 Å². The van der Waals surface area contributed by atoms with Crippen LogP contribution >= 0.6 is 11.6 Å². The van der Waals surface area contributed by atoms with Crippen molar-refractivity contribution in [3.05, 3.63) is 74.8 Å². The average molecular weight is 304 g/mol. The van der Waals surface area contributed by atoms with E-state index in [2.05, 4.69) is 10.5 Å². The summed E-state index contributed by atoms with van der Waals surface area (Å²) in [5.41, 5.74) is 3.05. The van der Waals surface area contributed by atoms with Crippen molar-refractivity contribution >= 4 is 29.4 Å². The second-order valence-electron chi connectivity index (χ2n) is 4.03. The van der Waals surface area contributed by atoms with Gasteiger partial charge in [0.1, 0.15) is 5.02 Å². The molecule has 0 atom stereocenters. The van der Waals surface area contributed by atoms with Crippen molar-refractivity contribution < 1.29 is 9.72 Å². The minimum Gasteiger partial charge on any atom is -0.267 e. The van der Waals surface area contributed by atoms with Crippen LogP contribution in [0.5, 0.6) is 0 Å². The van der Waals surface area contributed by atoms with Crippen molar-refractivity contribution in [3.8, 4) is 0 Å². The van der Waals surface area contributed by atoms with Crippen LogP contribution in [0.3, 0.4) is 0 Å². The number of nitro benzene ring substituents is 1. The van der Waals surface area contributed by atoms with E-state index < -0.39 is 4.92 Å². The highest BCUT2D eigenvalue weighted by molar-refractivity contribution is 6.32. The number of benzene rings is 2. The normalized spacial score (nSPS) is 10.5. The smallest absolute Gasteiger partial charge is 0.267 e. The van der Waals surface area contributed by atoms with Crippen molar-refractivity contribution in [2.24, 2.45) is 5.10 Å². The fraction of sp³-hybridized carbons (Fsp3) is 0. The van der Waals surface area contributed by atoms with Crippen LogP contribution in [0.4, 0.5) is 5.69 Å². The summed E-state index contributed by atoms with van der Waals surface area (Å²) in [6.45, 7) is 0. The fourth-order valence-corrected chi connectivity index (χ4v) is 1.76. The highest BCUT2D eigenvalue weighted by atomic mass is 35.5. The quantitative estimate of drug-likeness (QED) is 0.535. The molecule has 0 unspecified atom stereocenters. The Bertz CT molecular complexity index is 702. The zero-order chi connectivity index (χ0) is 15.2. The molecule has 1 amide bonds. The first-order valence-corrected chi connectivity index (χ1v) is 6.28. The number of carbonyl (C=O) groups is 1. The average Bonchev–Trinajstić information content (AvgIpc) is 2.49. The van der Waals surface area contributed by atoms with E-state index >= 15 is 0 Å². The van der Waals surface area contributed by atoms with Gasteiger partial charge in [0.2, 0.25) is 0 Å².